The maximum absolute atomic E-state index is 9.62. The summed E-state index contributed by atoms with van der Waals surface area (Å²) < 4.78 is 0. The lowest BCUT2D eigenvalue weighted by Crippen LogP contribution is -2.01. The number of allylic oxidation sites excluding steroid dienone is 3. The molecule has 0 bridgehead atoms. The highest BCUT2D eigenvalue weighted by atomic mass is 32.1. The second kappa shape index (κ2) is 4.41. The van der Waals surface area contributed by atoms with Crippen LogP contribution >= 0.6 is 12.2 Å². The highest BCUT2D eigenvalue weighted by molar-refractivity contribution is 7.80. The number of rotatable bonds is 1. The van der Waals surface area contributed by atoms with Crippen LogP contribution in [0.15, 0.2) is 42.0 Å². The van der Waals surface area contributed by atoms with Gasteiger partial charge < -0.3 is 5.11 Å². The van der Waals surface area contributed by atoms with Gasteiger partial charge in [-0.3, -0.25) is 0 Å². The third-order valence-corrected chi connectivity index (χ3v) is 2.86. The van der Waals surface area contributed by atoms with Gasteiger partial charge in [0.15, 0.2) is 0 Å². The number of aromatic hydroxyl groups is 1. The number of hydrogen-bond acceptors (Lipinski definition) is 2. The Kier molecular flexibility index (Phi) is 2.97. The molecule has 2 heteroatoms. The smallest absolute Gasteiger partial charge is 0.122 e. The Morgan fingerprint density at radius 2 is 1.87 bits per heavy atom. The zero-order valence-corrected chi connectivity index (χ0v) is 9.13. The molecule has 1 aromatic carbocycles. The molecule has 0 aromatic heterocycles. The topological polar surface area (TPSA) is 20.2 Å². The molecule has 0 saturated carbocycles. The van der Waals surface area contributed by atoms with Crippen LogP contribution in [0.5, 0.6) is 5.75 Å². The van der Waals surface area contributed by atoms with Crippen LogP contribution in [0.3, 0.4) is 0 Å². The fraction of sp³-hybridized carbons (Fsp3) is 0.154. The Balaban J connectivity index is 2.34. The molecule has 1 aliphatic carbocycles. The minimum Gasteiger partial charge on any atom is -0.507 e. The van der Waals surface area contributed by atoms with Gasteiger partial charge in [0.2, 0.25) is 0 Å². The first-order valence-corrected chi connectivity index (χ1v) is 5.35. The van der Waals surface area contributed by atoms with Crippen molar-refractivity contribution >= 4 is 23.2 Å². The molecule has 0 fully saturated rings. The molecule has 1 aliphatic rings. The highest BCUT2D eigenvalue weighted by Crippen LogP contribution is 2.23. The largest absolute Gasteiger partial charge is 0.507 e. The van der Waals surface area contributed by atoms with Crippen LogP contribution in [0.1, 0.15) is 18.4 Å². The molecule has 0 aliphatic heterocycles. The summed E-state index contributed by atoms with van der Waals surface area (Å²) in [7, 11) is 0. The second-order valence-corrected chi connectivity index (χ2v) is 4.02. The minimum atomic E-state index is 0.308. The van der Waals surface area contributed by atoms with Crippen molar-refractivity contribution < 1.29 is 5.11 Å². The Morgan fingerprint density at radius 1 is 1.13 bits per heavy atom. The summed E-state index contributed by atoms with van der Waals surface area (Å²) in [6.07, 6.45) is 7.88. The van der Waals surface area contributed by atoms with E-state index in [0.29, 0.717) is 5.75 Å². The molecular weight excluding hydrogens is 204 g/mol. The molecule has 1 N–H and O–H groups in total. The summed E-state index contributed by atoms with van der Waals surface area (Å²) in [4.78, 5) is 0.973. The summed E-state index contributed by atoms with van der Waals surface area (Å²) in [6, 6.07) is 7.31. The summed E-state index contributed by atoms with van der Waals surface area (Å²) in [6.45, 7) is 0. The zero-order chi connectivity index (χ0) is 10.7. The van der Waals surface area contributed by atoms with Gasteiger partial charge in [-0.15, -0.1) is 0 Å². The van der Waals surface area contributed by atoms with E-state index in [0.717, 1.165) is 28.8 Å². The van der Waals surface area contributed by atoms with Gasteiger partial charge in [-0.05, 0) is 24.1 Å². The summed E-state index contributed by atoms with van der Waals surface area (Å²) in [5, 5.41) is 9.62. The van der Waals surface area contributed by atoms with E-state index in [1.165, 1.54) is 0 Å². The summed E-state index contributed by atoms with van der Waals surface area (Å²) in [5.74, 6) is 0.308. The maximum Gasteiger partial charge on any atom is 0.122 e. The molecule has 15 heavy (non-hydrogen) atoms. The van der Waals surface area contributed by atoms with Gasteiger partial charge in [0.1, 0.15) is 5.75 Å². The maximum atomic E-state index is 9.62. The van der Waals surface area contributed by atoms with E-state index in [2.05, 4.69) is 12.2 Å². The van der Waals surface area contributed by atoms with Crippen molar-refractivity contribution in [1.82, 2.24) is 0 Å². The van der Waals surface area contributed by atoms with E-state index in [4.69, 9.17) is 12.2 Å². The Bertz CT molecular complexity index is 444. The molecule has 2 rings (SSSR count). The number of phenols is 1. The Morgan fingerprint density at radius 3 is 2.60 bits per heavy atom. The molecule has 0 amide bonds. The van der Waals surface area contributed by atoms with Gasteiger partial charge >= 0.3 is 0 Å². The molecule has 0 atom stereocenters. The fourth-order valence-corrected chi connectivity index (χ4v) is 1.82. The van der Waals surface area contributed by atoms with Gasteiger partial charge in [-0.2, -0.15) is 0 Å². The van der Waals surface area contributed by atoms with Crippen LogP contribution in [0.25, 0.3) is 6.08 Å². The summed E-state index contributed by atoms with van der Waals surface area (Å²) in [5.41, 5.74) is 1.97. The molecule has 76 valence electrons. The van der Waals surface area contributed by atoms with Gasteiger partial charge in [-0.1, -0.05) is 42.6 Å². The van der Waals surface area contributed by atoms with Crippen LogP contribution in [-0.4, -0.2) is 9.97 Å². The van der Waals surface area contributed by atoms with Crippen LogP contribution in [0, 0.1) is 0 Å². The lowest BCUT2D eigenvalue weighted by atomic mass is 9.98. The molecule has 1 aromatic rings. The number of hydrogen-bond donors (Lipinski definition) is 1. The van der Waals surface area contributed by atoms with E-state index in [9.17, 15) is 5.11 Å². The predicted molar refractivity (Wildman–Crippen MR) is 67.1 cm³/mol. The van der Waals surface area contributed by atoms with E-state index in [-0.39, 0.29) is 0 Å². The molecule has 0 radical (unpaired) electrons. The van der Waals surface area contributed by atoms with E-state index in [1.807, 2.05) is 24.3 Å². The van der Waals surface area contributed by atoms with Crippen molar-refractivity contribution in [3.05, 3.63) is 47.6 Å². The van der Waals surface area contributed by atoms with Crippen molar-refractivity contribution in [1.29, 1.82) is 0 Å². The number of phenolic OH excluding ortho intramolecular Hbond substituents is 1. The second-order valence-electron chi connectivity index (χ2n) is 3.53. The third kappa shape index (κ3) is 2.34. The zero-order valence-electron chi connectivity index (χ0n) is 8.31. The Hall–Kier alpha value is -1.41. The van der Waals surface area contributed by atoms with Crippen LogP contribution in [0.2, 0.25) is 0 Å². The van der Waals surface area contributed by atoms with Crippen molar-refractivity contribution in [2.45, 2.75) is 12.8 Å². The molecule has 0 unspecified atom stereocenters. The standard InChI is InChI=1S/C13H12OS/c14-12-7-3-1-5-10(12)9-11-6-2-4-8-13(11)15/h1-5,7,9,14H,6,8H2. The van der Waals surface area contributed by atoms with Crippen molar-refractivity contribution in [3.63, 3.8) is 0 Å². The number of thiocarbonyl (C=S) groups is 1. The van der Waals surface area contributed by atoms with Crippen LogP contribution in [0.4, 0.5) is 0 Å². The van der Waals surface area contributed by atoms with Gasteiger partial charge in [-0.25, -0.2) is 0 Å². The SMILES string of the molecule is Oc1ccccc1C=C1CC=CCC1=S. The average molecular weight is 216 g/mol. The Labute approximate surface area is 94.8 Å². The average Bonchev–Trinajstić information content (AvgIpc) is 2.24. The monoisotopic (exact) mass is 216 g/mol. The van der Waals surface area contributed by atoms with Crippen LogP contribution in [-0.2, 0) is 0 Å². The first-order valence-electron chi connectivity index (χ1n) is 4.94. The van der Waals surface area contributed by atoms with E-state index >= 15 is 0 Å². The third-order valence-electron chi connectivity index (χ3n) is 2.43. The van der Waals surface area contributed by atoms with Gasteiger partial charge in [0.05, 0.1) is 0 Å². The first kappa shape index (κ1) is 10.1. The van der Waals surface area contributed by atoms with E-state index in [1.54, 1.807) is 6.07 Å². The van der Waals surface area contributed by atoms with Crippen molar-refractivity contribution in [2.75, 3.05) is 0 Å². The predicted octanol–water partition coefficient (Wildman–Crippen LogP) is 3.50. The number of benzene rings is 1. The fourth-order valence-electron chi connectivity index (χ4n) is 1.58. The first-order chi connectivity index (χ1) is 7.27. The van der Waals surface area contributed by atoms with Crippen LogP contribution < -0.4 is 0 Å². The molecular formula is C13H12OS. The molecule has 0 heterocycles. The molecule has 0 saturated heterocycles. The van der Waals surface area contributed by atoms with Gasteiger partial charge in [0, 0.05) is 16.8 Å². The molecule has 1 nitrogen and oxygen atoms in total. The normalized spacial score (nSPS) is 18.4. The molecule has 0 spiro atoms. The lowest BCUT2D eigenvalue weighted by molar-refractivity contribution is 0.474. The minimum absolute atomic E-state index is 0.308. The number of para-hydroxylation sites is 1. The summed E-state index contributed by atoms with van der Waals surface area (Å²) >= 11 is 5.27. The highest BCUT2D eigenvalue weighted by Gasteiger charge is 2.07. The van der Waals surface area contributed by atoms with Crippen molar-refractivity contribution in [2.24, 2.45) is 0 Å². The lowest BCUT2D eigenvalue weighted by Gasteiger charge is -2.10. The van der Waals surface area contributed by atoms with Crippen molar-refractivity contribution in [3.8, 4) is 5.75 Å². The van der Waals surface area contributed by atoms with E-state index < -0.39 is 0 Å². The van der Waals surface area contributed by atoms with Gasteiger partial charge in [0.25, 0.3) is 0 Å². The quantitative estimate of drug-likeness (QED) is 0.440.